The highest BCUT2D eigenvalue weighted by atomic mass is 16.2. The van der Waals surface area contributed by atoms with Gasteiger partial charge < -0.3 is 4.90 Å². The van der Waals surface area contributed by atoms with Crippen LogP contribution in [0.3, 0.4) is 0 Å². The number of carbonyl (C=O) groups excluding carboxylic acids is 1. The number of nitrogens with one attached hydrogen (secondary N) is 1. The summed E-state index contributed by atoms with van der Waals surface area (Å²) in [6.07, 6.45) is 7.94. The van der Waals surface area contributed by atoms with Crippen molar-refractivity contribution in [3.63, 3.8) is 0 Å². The number of H-pyrrole nitrogens is 1. The Hall–Kier alpha value is -2.44. The van der Waals surface area contributed by atoms with E-state index in [4.69, 9.17) is 0 Å². The Morgan fingerprint density at radius 3 is 2.82 bits per heavy atom. The third-order valence-electron chi connectivity index (χ3n) is 6.53. The predicted octanol–water partition coefficient (Wildman–Crippen LogP) is 2.54. The zero-order valence-electron chi connectivity index (χ0n) is 16.6. The van der Waals surface area contributed by atoms with Crippen molar-refractivity contribution in [3.05, 3.63) is 38.7 Å². The van der Waals surface area contributed by atoms with Gasteiger partial charge in [-0.1, -0.05) is 26.7 Å². The number of aryl methyl sites for hydroxylation is 1. The second kappa shape index (κ2) is 7.53. The number of amides is 1. The molecule has 0 bridgehead atoms. The number of rotatable bonds is 3. The van der Waals surface area contributed by atoms with E-state index in [2.05, 4.69) is 16.9 Å². The van der Waals surface area contributed by atoms with Crippen molar-refractivity contribution in [2.45, 2.75) is 65.0 Å². The summed E-state index contributed by atoms with van der Waals surface area (Å²) in [7, 11) is 0. The van der Waals surface area contributed by atoms with Crippen LogP contribution in [-0.2, 0) is 6.54 Å². The van der Waals surface area contributed by atoms with Crippen molar-refractivity contribution in [1.29, 1.82) is 0 Å². The van der Waals surface area contributed by atoms with Crippen LogP contribution in [0.1, 0.15) is 62.7 Å². The van der Waals surface area contributed by atoms with E-state index in [0.717, 1.165) is 32.2 Å². The minimum Gasteiger partial charge on any atom is -0.335 e. The lowest BCUT2D eigenvalue weighted by atomic mass is 9.72. The van der Waals surface area contributed by atoms with Gasteiger partial charge in [0, 0.05) is 25.3 Å². The maximum Gasteiger partial charge on any atom is 0.329 e. The van der Waals surface area contributed by atoms with Gasteiger partial charge in [0.15, 0.2) is 0 Å². The Balaban J connectivity index is 1.72. The molecule has 4 rings (SSSR count). The highest BCUT2D eigenvalue weighted by molar-refractivity contribution is 5.97. The third-order valence-corrected chi connectivity index (χ3v) is 6.53. The molecule has 2 aliphatic rings. The van der Waals surface area contributed by atoms with E-state index in [0.29, 0.717) is 35.0 Å². The first-order valence-corrected chi connectivity index (χ1v) is 10.4. The van der Waals surface area contributed by atoms with Gasteiger partial charge in [0.25, 0.3) is 11.5 Å². The molecule has 7 heteroatoms. The average molecular weight is 384 g/mol. The minimum absolute atomic E-state index is 0.0501. The number of carbonyl (C=O) groups is 1. The number of piperidine rings is 1. The summed E-state index contributed by atoms with van der Waals surface area (Å²) in [6.45, 7) is 5.49. The molecule has 3 unspecified atom stereocenters. The van der Waals surface area contributed by atoms with Crippen LogP contribution in [0.25, 0.3) is 11.0 Å². The van der Waals surface area contributed by atoms with E-state index >= 15 is 0 Å². The van der Waals surface area contributed by atoms with Crippen molar-refractivity contribution in [2.75, 3.05) is 6.54 Å². The molecule has 1 aliphatic heterocycles. The van der Waals surface area contributed by atoms with Gasteiger partial charge in [0.1, 0.15) is 5.65 Å². The van der Waals surface area contributed by atoms with E-state index in [-0.39, 0.29) is 11.9 Å². The molecule has 1 aliphatic carbocycles. The summed E-state index contributed by atoms with van der Waals surface area (Å²) in [6, 6.07) is 1.89. The molecule has 1 N–H and O–H groups in total. The zero-order chi connectivity index (χ0) is 19.8. The summed E-state index contributed by atoms with van der Waals surface area (Å²) in [5.74, 6) is 1.17. The van der Waals surface area contributed by atoms with Crippen LogP contribution in [0.5, 0.6) is 0 Å². The molecule has 2 fully saturated rings. The highest BCUT2D eigenvalue weighted by Gasteiger charge is 2.39. The summed E-state index contributed by atoms with van der Waals surface area (Å²) in [5.41, 5.74) is -0.174. The normalized spacial score (nSPS) is 24.9. The first-order chi connectivity index (χ1) is 13.5. The lowest BCUT2D eigenvalue weighted by Crippen LogP contribution is -2.52. The van der Waals surface area contributed by atoms with Crippen LogP contribution in [-0.4, -0.2) is 37.9 Å². The topological polar surface area (TPSA) is 88.1 Å². The van der Waals surface area contributed by atoms with Crippen molar-refractivity contribution in [1.82, 2.24) is 19.4 Å². The number of aromatic nitrogens is 3. The van der Waals surface area contributed by atoms with Gasteiger partial charge in [-0.25, -0.2) is 9.78 Å². The van der Waals surface area contributed by atoms with Crippen LogP contribution >= 0.6 is 0 Å². The Morgan fingerprint density at radius 2 is 2.04 bits per heavy atom. The quantitative estimate of drug-likeness (QED) is 0.881. The lowest BCUT2D eigenvalue weighted by Gasteiger charge is -2.47. The summed E-state index contributed by atoms with van der Waals surface area (Å²) >= 11 is 0. The van der Waals surface area contributed by atoms with E-state index in [1.807, 2.05) is 11.8 Å². The average Bonchev–Trinajstić information content (AvgIpc) is 2.71. The fraction of sp³-hybridized carbons (Fsp3) is 0.619. The number of hydrogen-bond acceptors (Lipinski definition) is 4. The Kier molecular flexibility index (Phi) is 5.08. The standard InChI is InChI=1S/C21H28N4O3/c1-3-9-25-18-16(19(26)23-21(25)28)11-14(12-22-18)20(27)24-10-8-13(2)15-6-4-5-7-17(15)24/h11-13,15,17H,3-10H2,1-2H3,(H,23,26,28). The molecule has 28 heavy (non-hydrogen) atoms. The molecule has 2 aromatic heterocycles. The van der Waals surface area contributed by atoms with Gasteiger partial charge in [-0.3, -0.25) is 19.1 Å². The van der Waals surface area contributed by atoms with Crippen molar-refractivity contribution in [3.8, 4) is 0 Å². The molecule has 0 radical (unpaired) electrons. The van der Waals surface area contributed by atoms with E-state index in [9.17, 15) is 14.4 Å². The van der Waals surface area contributed by atoms with Crippen LogP contribution in [0, 0.1) is 11.8 Å². The largest absolute Gasteiger partial charge is 0.335 e. The van der Waals surface area contributed by atoms with Crippen molar-refractivity contribution < 1.29 is 4.79 Å². The van der Waals surface area contributed by atoms with Gasteiger partial charge in [-0.05, 0) is 43.6 Å². The lowest BCUT2D eigenvalue weighted by molar-refractivity contribution is 0.0217. The third kappa shape index (κ3) is 3.16. The second-order valence-corrected chi connectivity index (χ2v) is 8.29. The number of hydrogen-bond donors (Lipinski definition) is 1. The molecule has 3 atom stereocenters. The molecular formula is C21H28N4O3. The molecule has 7 nitrogen and oxygen atoms in total. The zero-order valence-corrected chi connectivity index (χ0v) is 16.6. The van der Waals surface area contributed by atoms with Gasteiger partial charge in [-0.15, -0.1) is 0 Å². The monoisotopic (exact) mass is 384 g/mol. The molecule has 3 heterocycles. The molecular weight excluding hydrogens is 356 g/mol. The SMILES string of the molecule is CCCn1c(=O)[nH]c(=O)c2cc(C(=O)N3CCC(C)C4CCCCC43)cnc21. The van der Waals surface area contributed by atoms with E-state index < -0.39 is 11.2 Å². The first kappa shape index (κ1) is 18.9. The summed E-state index contributed by atoms with van der Waals surface area (Å²) in [5, 5.41) is 0.296. The Labute approximate surface area is 163 Å². The van der Waals surface area contributed by atoms with Crippen LogP contribution in [0.4, 0.5) is 0 Å². The van der Waals surface area contributed by atoms with Gasteiger partial charge in [0.2, 0.25) is 0 Å². The number of nitrogens with zero attached hydrogens (tertiary/aromatic N) is 3. The van der Waals surface area contributed by atoms with Crippen LogP contribution in [0.15, 0.2) is 21.9 Å². The fourth-order valence-electron chi connectivity index (χ4n) is 5.05. The van der Waals surface area contributed by atoms with Gasteiger partial charge >= 0.3 is 5.69 Å². The van der Waals surface area contributed by atoms with E-state index in [1.54, 1.807) is 6.07 Å². The Morgan fingerprint density at radius 1 is 1.25 bits per heavy atom. The minimum atomic E-state index is -0.489. The van der Waals surface area contributed by atoms with Crippen LogP contribution < -0.4 is 11.2 Å². The number of fused-ring (bicyclic) bond motifs is 2. The molecule has 2 aromatic rings. The predicted molar refractivity (Wildman–Crippen MR) is 107 cm³/mol. The molecule has 1 saturated carbocycles. The number of pyridine rings is 1. The molecule has 1 saturated heterocycles. The molecule has 0 spiro atoms. The van der Waals surface area contributed by atoms with E-state index in [1.165, 1.54) is 23.6 Å². The fourth-order valence-corrected chi connectivity index (χ4v) is 5.05. The highest BCUT2D eigenvalue weighted by Crippen LogP contribution is 2.39. The molecule has 1 amide bonds. The smallest absolute Gasteiger partial charge is 0.329 e. The number of likely N-dealkylation sites (tertiary alicyclic amines) is 1. The second-order valence-electron chi connectivity index (χ2n) is 8.29. The molecule has 0 aromatic carbocycles. The summed E-state index contributed by atoms with van der Waals surface area (Å²) < 4.78 is 1.46. The number of aromatic amines is 1. The van der Waals surface area contributed by atoms with Crippen molar-refractivity contribution in [2.24, 2.45) is 11.8 Å². The molecule has 150 valence electrons. The van der Waals surface area contributed by atoms with Crippen LogP contribution in [0.2, 0.25) is 0 Å². The maximum atomic E-state index is 13.3. The van der Waals surface area contributed by atoms with Crippen molar-refractivity contribution >= 4 is 16.9 Å². The first-order valence-electron chi connectivity index (χ1n) is 10.4. The van der Waals surface area contributed by atoms with Gasteiger partial charge in [0.05, 0.1) is 10.9 Å². The summed E-state index contributed by atoms with van der Waals surface area (Å²) in [4.78, 5) is 46.4. The maximum absolute atomic E-state index is 13.3. The van der Waals surface area contributed by atoms with Gasteiger partial charge in [-0.2, -0.15) is 0 Å². The Bertz CT molecular complexity index is 1010.